The zero-order chi connectivity index (χ0) is 14.9. The molecule has 1 aromatic rings. The van der Waals surface area contributed by atoms with Gasteiger partial charge in [0.25, 0.3) is 0 Å². The number of aliphatic hydroxyl groups excluding tert-OH is 3. The molecule has 1 fully saturated rings. The number of nitrogens with zero attached hydrogens (tertiary/aromatic N) is 2. The molecule has 1 aromatic heterocycles. The maximum atomic E-state index is 11.8. The molecule has 110 valence electrons. The fraction of sp³-hybridized carbons (Fsp3) is 0.545. The van der Waals surface area contributed by atoms with Crippen molar-refractivity contribution in [3.05, 3.63) is 22.7 Å². The van der Waals surface area contributed by atoms with Crippen molar-refractivity contribution in [2.75, 3.05) is 11.9 Å². The number of hydrogen-bond acceptors (Lipinski definition) is 7. The van der Waals surface area contributed by atoms with Crippen LogP contribution in [0.15, 0.2) is 17.1 Å². The third-order valence-corrected chi connectivity index (χ3v) is 2.93. The first-order valence-corrected chi connectivity index (χ1v) is 5.93. The predicted molar refractivity (Wildman–Crippen MR) is 65.8 cm³/mol. The number of nitrogens with one attached hydrogen (secondary N) is 1. The van der Waals surface area contributed by atoms with Crippen molar-refractivity contribution in [3.63, 3.8) is 0 Å². The minimum Gasteiger partial charge on any atom is -0.394 e. The Hall–Kier alpha value is -1.81. The summed E-state index contributed by atoms with van der Waals surface area (Å²) in [5.41, 5.74) is -0.758. The minimum absolute atomic E-state index is 0.0745. The molecule has 1 saturated heterocycles. The van der Waals surface area contributed by atoms with Gasteiger partial charge in [0.05, 0.1) is 6.61 Å². The lowest BCUT2D eigenvalue weighted by molar-refractivity contribution is -0.114. The van der Waals surface area contributed by atoms with Gasteiger partial charge >= 0.3 is 5.69 Å². The quantitative estimate of drug-likeness (QED) is 0.495. The Bertz CT molecular complexity index is 559. The maximum Gasteiger partial charge on any atom is 0.351 e. The maximum absolute atomic E-state index is 11.8. The Morgan fingerprint density at radius 3 is 2.70 bits per heavy atom. The normalized spacial score (nSPS) is 29.4. The van der Waals surface area contributed by atoms with Gasteiger partial charge in [0, 0.05) is 13.1 Å². The van der Waals surface area contributed by atoms with E-state index in [9.17, 15) is 19.8 Å². The monoisotopic (exact) mass is 285 g/mol. The van der Waals surface area contributed by atoms with Gasteiger partial charge in [-0.05, 0) is 6.07 Å². The molecule has 1 amide bonds. The number of anilines is 1. The van der Waals surface area contributed by atoms with Crippen LogP contribution in [0, 0.1) is 0 Å². The van der Waals surface area contributed by atoms with Crippen molar-refractivity contribution in [1.82, 2.24) is 9.55 Å². The molecule has 0 saturated carbocycles. The Morgan fingerprint density at radius 2 is 2.20 bits per heavy atom. The molecular formula is C11H15N3O6. The van der Waals surface area contributed by atoms with Crippen LogP contribution in [0.2, 0.25) is 0 Å². The van der Waals surface area contributed by atoms with E-state index >= 15 is 0 Å². The summed E-state index contributed by atoms with van der Waals surface area (Å²) in [6, 6.07) is 1.36. The highest BCUT2D eigenvalue weighted by Gasteiger charge is 2.43. The molecule has 0 bridgehead atoms. The van der Waals surface area contributed by atoms with Crippen LogP contribution in [0.4, 0.5) is 5.82 Å². The van der Waals surface area contributed by atoms with Crippen molar-refractivity contribution in [2.24, 2.45) is 0 Å². The number of carbonyl (C=O) groups excluding carboxylic acids is 1. The second kappa shape index (κ2) is 5.67. The standard InChI is InChI=1S/C11H15N3O6/c1-5(16)12-7-2-3-14(11(19)13-7)10-9(18)8(17)6(4-15)20-10/h2-3,6,8-10,15,17-18H,4H2,1H3,(H,12,13,16,19)/t6?,8-,9-,10-/m1/s1. The Labute approximate surface area is 113 Å². The molecule has 9 heteroatoms. The van der Waals surface area contributed by atoms with Crippen LogP contribution in [-0.4, -0.2) is 55.7 Å². The van der Waals surface area contributed by atoms with Crippen LogP contribution in [0.3, 0.4) is 0 Å². The molecule has 1 unspecified atom stereocenters. The summed E-state index contributed by atoms with van der Waals surface area (Å²) in [6.07, 6.45) is -3.50. The van der Waals surface area contributed by atoms with Gasteiger partial charge in [-0.3, -0.25) is 9.36 Å². The van der Waals surface area contributed by atoms with Gasteiger partial charge in [0.2, 0.25) is 5.91 Å². The third kappa shape index (κ3) is 2.70. The molecule has 2 heterocycles. The van der Waals surface area contributed by atoms with E-state index in [4.69, 9.17) is 9.84 Å². The van der Waals surface area contributed by atoms with E-state index in [2.05, 4.69) is 10.3 Å². The SMILES string of the molecule is CC(=O)Nc1ccn([C@@H]2OC(CO)[C@@H](O)[C@H]2O)c(=O)n1. The first-order chi connectivity index (χ1) is 9.43. The van der Waals surface area contributed by atoms with Gasteiger partial charge in [-0.1, -0.05) is 0 Å². The van der Waals surface area contributed by atoms with E-state index in [1.165, 1.54) is 19.2 Å². The van der Waals surface area contributed by atoms with Crippen molar-refractivity contribution >= 4 is 11.7 Å². The number of aliphatic hydroxyl groups is 3. The number of aromatic nitrogens is 2. The zero-order valence-electron chi connectivity index (χ0n) is 10.6. The summed E-state index contributed by atoms with van der Waals surface area (Å²) in [6.45, 7) is 0.792. The summed E-state index contributed by atoms with van der Waals surface area (Å²) < 4.78 is 6.19. The Kier molecular flexibility index (Phi) is 4.14. The lowest BCUT2D eigenvalue weighted by Gasteiger charge is -2.17. The van der Waals surface area contributed by atoms with E-state index in [0.717, 1.165) is 4.57 Å². The molecule has 0 spiro atoms. The highest BCUT2D eigenvalue weighted by Crippen LogP contribution is 2.27. The summed E-state index contributed by atoms with van der Waals surface area (Å²) >= 11 is 0. The Morgan fingerprint density at radius 1 is 1.50 bits per heavy atom. The lowest BCUT2D eigenvalue weighted by atomic mass is 10.1. The first kappa shape index (κ1) is 14.6. The van der Waals surface area contributed by atoms with E-state index in [1.54, 1.807) is 0 Å². The average molecular weight is 285 g/mol. The second-order valence-corrected chi connectivity index (χ2v) is 4.41. The van der Waals surface area contributed by atoms with Gasteiger partial charge in [0.1, 0.15) is 24.1 Å². The number of ether oxygens (including phenoxy) is 1. The number of hydrogen-bond donors (Lipinski definition) is 4. The summed E-state index contributed by atoms with van der Waals surface area (Å²) in [4.78, 5) is 26.3. The lowest BCUT2D eigenvalue weighted by Crippen LogP contribution is -2.36. The Balaban J connectivity index is 2.26. The van der Waals surface area contributed by atoms with Crippen LogP contribution in [0.1, 0.15) is 13.2 Å². The number of amides is 1. The molecule has 9 nitrogen and oxygen atoms in total. The third-order valence-electron chi connectivity index (χ3n) is 2.93. The van der Waals surface area contributed by atoms with Crippen molar-refractivity contribution in [2.45, 2.75) is 31.5 Å². The first-order valence-electron chi connectivity index (χ1n) is 5.93. The zero-order valence-corrected chi connectivity index (χ0v) is 10.6. The highest BCUT2D eigenvalue weighted by molar-refractivity contribution is 5.87. The van der Waals surface area contributed by atoms with Crippen LogP contribution >= 0.6 is 0 Å². The molecule has 20 heavy (non-hydrogen) atoms. The van der Waals surface area contributed by atoms with Crippen molar-refractivity contribution in [3.8, 4) is 0 Å². The van der Waals surface area contributed by atoms with E-state index in [1.807, 2.05) is 0 Å². The van der Waals surface area contributed by atoms with Crippen LogP contribution < -0.4 is 11.0 Å². The van der Waals surface area contributed by atoms with Crippen LogP contribution in [0.5, 0.6) is 0 Å². The smallest absolute Gasteiger partial charge is 0.351 e. The highest BCUT2D eigenvalue weighted by atomic mass is 16.6. The summed E-state index contributed by atoms with van der Waals surface area (Å²) in [7, 11) is 0. The molecule has 0 radical (unpaired) electrons. The van der Waals surface area contributed by atoms with E-state index in [0.29, 0.717) is 0 Å². The van der Waals surface area contributed by atoms with Gasteiger partial charge in [0.15, 0.2) is 6.23 Å². The molecule has 4 atom stereocenters. The topological polar surface area (TPSA) is 134 Å². The average Bonchev–Trinajstić information content (AvgIpc) is 2.66. The molecular weight excluding hydrogens is 270 g/mol. The van der Waals surface area contributed by atoms with Gasteiger partial charge in [-0.2, -0.15) is 4.98 Å². The van der Waals surface area contributed by atoms with Gasteiger partial charge < -0.3 is 25.4 Å². The van der Waals surface area contributed by atoms with E-state index in [-0.39, 0.29) is 11.7 Å². The second-order valence-electron chi connectivity index (χ2n) is 4.41. The fourth-order valence-electron chi connectivity index (χ4n) is 1.97. The van der Waals surface area contributed by atoms with Crippen molar-refractivity contribution in [1.29, 1.82) is 0 Å². The summed E-state index contributed by atoms with van der Waals surface area (Å²) in [5, 5.41) is 30.8. The molecule has 0 aliphatic carbocycles. The predicted octanol–water partition coefficient (Wildman–Crippen LogP) is -2.19. The summed E-state index contributed by atoms with van der Waals surface area (Å²) in [5.74, 6) is -0.298. The van der Waals surface area contributed by atoms with E-state index < -0.39 is 36.8 Å². The van der Waals surface area contributed by atoms with Gasteiger partial charge in [-0.25, -0.2) is 4.79 Å². The molecule has 2 rings (SSSR count). The largest absolute Gasteiger partial charge is 0.394 e. The molecule has 1 aliphatic rings. The molecule has 0 aromatic carbocycles. The molecule has 4 N–H and O–H groups in total. The fourth-order valence-corrected chi connectivity index (χ4v) is 1.97. The number of carbonyl (C=O) groups is 1. The van der Waals surface area contributed by atoms with Crippen molar-refractivity contribution < 1.29 is 24.9 Å². The number of rotatable bonds is 3. The van der Waals surface area contributed by atoms with Crippen LogP contribution in [-0.2, 0) is 9.53 Å². The van der Waals surface area contributed by atoms with Gasteiger partial charge in [-0.15, -0.1) is 0 Å². The minimum atomic E-state index is -1.36. The van der Waals surface area contributed by atoms with Crippen LogP contribution in [0.25, 0.3) is 0 Å². The molecule has 1 aliphatic heterocycles.